The summed E-state index contributed by atoms with van der Waals surface area (Å²) in [7, 11) is 0. The van der Waals surface area contributed by atoms with Crippen LogP contribution in [0, 0.1) is 5.92 Å². The number of piperidine rings is 1. The number of hydrogen-bond acceptors (Lipinski definition) is 5. The van der Waals surface area contributed by atoms with Crippen molar-refractivity contribution in [1.82, 2.24) is 9.88 Å². The summed E-state index contributed by atoms with van der Waals surface area (Å²) in [5.74, 6) is -0.436. The zero-order valence-corrected chi connectivity index (χ0v) is 13.8. The molecule has 1 aliphatic heterocycles. The lowest BCUT2D eigenvalue weighted by Gasteiger charge is -2.31. The summed E-state index contributed by atoms with van der Waals surface area (Å²) in [6.45, 7) is 3.23. The number of hydrogen-bond donors (Lipinski definition) is 1. The van der Waals surface area contributed by atoms with Gasteiger partial charge in [-0.15, -0.1) is 11.3 Å². The Morgan fingerprint density at radius 2 is 2.35 bits per heavy atom. The van der Waals surface area contributed by atoms with E-state index in [1.807, 2.05) is 18.2 Å². The van der Waals surface area contributed by atoms with Crippen LogP contribution in [0.15, 0.2) is 23.7 Å². The van der Waals surface area contributed by atoms with Gasteiger partial charge in [-0.3, -0.25) is 4.79 Å². The summed E-state index contributed by atoms with van der Waals surface area (Å²) in [5, 5.41) is 2.90. The summed E-state index contributed by atoms with van der Waals surface area (Å²) < 4.78 is 6.10. The highest BCUT2D eigenvalue weighted by Crippen LogP contribution is 2.23. The van der Waals surface area contributed by atoms with Crippen LogP contribution in [0.3, 0.4) is 0 Å². The van der Waals surface area contributed by atoms with Gasteiger partial charge in [-0.2, -0.15) is 0 Å². The minimum Gasteiger partial charge on any atom is -0.466 e. The van der Waals surface area contributed by atoms with Crippen molar-refractivity contribution in [3.8, 4) is 0 Å². The van der Waals surface area contributed by atoms with Gasteiger partial charge in [0.2, 0.25) is 0 Å². The van der Waals surface area contributed by atoms with Crippen molar-refractivity contribution in [2.45, 2.75) is 19.8 Å². The van der Waals surface area contributed by atoms with Gasteiger partial charge in [0.15, 0.2) is 0 Å². The molecular weight excluding hydrogens is 314 g/mol. The second-order valence-electron chi connectivity index (χ2n) is 5.50. The Morgan fingerprint density at radius 1 is 1.48 bits per heavy atom. The molecule has 1 aromatic carbocycles. The van der Waals surface area contributed by atoms with E-state index in [1.54, 1.807) is 17.3 Å². The second kappa shape index (κ2) is 6.95. The predicted molar refractivity (Wildman–Crippen MR) is 89.6 cm³/mol. The smallest absolute Gasteiger partial charge is 0.321 e. The molecule has 2 aromatic rings. The molecule has 1 N–H and O–H groups in total. The van der Waals surface area contributed by atoms with Crippen LogP contribution in [0.4, 0.5) is 10.5 Å². The third-order valence-electron chi connectivity index (χ3n) is 3.91. The lowest BCUT2D eigenvalue weighted by Crippen LogP contribution is -2.44. The maximum Gasteiger partial charge on any atom is 0.321 e. The Kier molecular flexibility index (Phi) is 4.76. The number of nitrogens with zero attached hydrogens (tertiary/aromatic N) is 2. The normalized spacial score (nSPS) is 18.0. The first-order valence-electron chi connectivity index (χ1n) is 7.73. The summed E-state index contributed by atoms with van der Waals surface area (Å²) in [6, 6.07) is 5.46. The van der Waals surface area contributed by atoms with Crippen molar-refractivity contribution < 1.29 is 14.3 Å². The molecule has 1 atom stereocenters. The number of benzene rings is 1. The van der Waals surface area contributed by atoms with Crippen molar-refractivity contribution in [3.05, 3.63) is 23.7 Å². The number of rotatable bonds is 3. The van der Waals surface area contributed by atoms with E-state index >= 15 is 0 Å². The molecule has 1 aromatic heterocycles. The summed E-state index contributed by atoms with van der Waals surface area (Å²) in [4.78, 5) is 30.2. The number of carbonyl (C=O) groups excluding carboxylic acids is 2. The number of ether oxygens (including phenoxy) is 1. The standard InChI is InChI=1S/C16H19N3O3S/c1-2-22-15(20)11-4-3-7-19(9-11)16(21)18-12-5-6-13-14(8-12)23-10-17-13/h5-6,8,10-11H,2-4,7,9H2,1H3,(H,18,21)/t11-/m0/s1. The number of likely N-dealkylation sites (tertiary alicyclic amines) is 1. The van der Waals surface area contributed by atoms with E-state index in [1.165, 1.54) is 11.3 Å². The van der Waals surface area contributed by atoms with Crippen molar-refractivity contribution in [3.63, 3.8) is 0 Å². The lowest BCUT2D eigenvalue weighted by molar-refractivity contribution is -0.149. The van der Waals surface area contributed by atoms with E-state index in [0.29, 0.717) is 19.7 Å². The molecule has 1 fully saturated rings. The second-order valence-corrected chi connectivity index (χ2v) is 6.39. The number of urea groups is 1. The Morgan fingerprint density at radius 3 is 3.17 bits per heavy atom. The predicted octanol–water partition coefficient (Wildman–Crippen LogP) is 3.10. The van der Waals surface area contributed by atoms with Gasteiger partial charge in [-0.1, -0.05) is 0 Å². The van der Waals surface area contributed by atoms with Crippen LogP contribution in [0.25, 0.3) is 10.2 Å². The van der Waals surface area contributed by atoms with Crippen LogP contribution in [0.2, 0.25) is 0 Å². The molecule has 0 radical (unpaired) electrons. The minimum absolute atomic E-state index is 0.178. The number of fused-ring (bicyclic) bond motifs is 1. The van der Waals surface area contributed by atoms with Gasteiger partial charge >= 0.3 is 12.0 Å². The third-order valence-corrected chi connectivity index (χ3v) is 4.70. The van der Waals surface area contributed by atoms with Gasteiger partial charge in [-0.05, 0) is 38.0 Å². The van der Waals surface area contributed by atoms with E-state index in [-0.39, 0.29) is 17.9 Å². The molecule has 23 heavy (non-hydrogen) atoms. The summed E-state index contributed by atoms with van der Waals surface area (Å²) in [5.41, 5.74) is 3.45. The molecule has 0 saturated carbocycles. The van der Waals surface area contributed by atoms with Gasteiger partial charge in [0.25, 0.3) is 0 Å². The molecule has 0 aliphatic carbocycles. The largest absolute Gasteiger partial charge is 0.466 e. The first-order chi connectivity index (χ1) is 11.2. The molecule has 3 rings (SSSR count). The average molecular weight is 333 g/mol. The monoisotopic (exact) mass is 333 g/mol. The van der Waals surface area contributed by atoms with E-state index in [2.05, 4.69) is 10.3 Å². The number of esters is 1. The topological polar surface area (TPSA) is 71.5 Å². The van der Waals surface area contributed by atoms with Gasteiger partial charge in [0.1, 0.15) is 0 Å². The number of nitrogens with one attached hydrogen (secondary N) is 1. The molecule has 0 spiro atoms. The molecule has 0 bridgehead atoms. The molecule has 6 nitrogen and oxygen atoms in total. The van der Waals surface area contributed by atoms with E-state index in [0.717, 1.165) is 28.7 Å². The fraction of sp³-hybridized carbons (Fsp3) is 0.438. The van der Waals surface area contributed by atoms with Gasteiger partial charge in [0, 0.05) is 18.8 Å². The molecule has 0 unspecified atom stereocenters. The van der Waals surface area contributed by atoms with E-state index in [4.69, 9.17) is 4.74 Å². The summed E-state index contributed by atoms with van der Waals surface area (Å²) >= 11 is 1.54. The minimum atomic E-state index is -0.224. The van der Waals surface area contributed by atoms with Crippen molar-refractivity contribution in [1.29, 1.82) is 0 Å². The number of amides is 2. The Bertz CT molecular complexity index is 715. The zero-order chi connectivity index (χ0) is 16.2. The summed E-state index contributed by atoms with van der Waals surface area (Å²) in [6.07, 6.45) is 1.58. The Hall–Kier alpha value is -2.15. The highest BCUT2D eigenvalue weighted by Gasteiger charge is 2.29. The van der Waals surface area contributed by atoms with Gasteiger partial charge < -0.3 is 15.0 Å². The SMILES string of the molecule is CCOC(=O)[C@H]1CCCN(C(=O)Nc2ccc3ncsc3c2)C1. The maximum absolute atomic E-state index is 12.4. The number of carbonyl (C=O) groups is 2. The highest BCUT2D eigenvalue weighted by atomic mass is 32.1. The Balaban J connectivity index is 1.63. The van der Waals surface area contributed by atoms with Crippen LogP contribution in [-0.4, -0.2) is 41.6 Å². The maximum atomic E-state index is 12.4. The van der Waals surface area contributed by atoms with Crippen molar-refractivity contribution in [2.75, 3.05) is 25.0 Å². The first-order valence-corrected chi connectivity index (χ1v) is 8.61. The van der Waals surface area contributed by atoms with E-state index in [9.17, 15) is 9.59 Å². The van der Waals surface area contributed by atoms with Crippen LogP contribution in [0.1, 0.15) is 19.8 Å². The fourth-order valence-corrected chi connectivity index (χ4v) is 3.47. The molecule has 1 saturated heterocycles. The molecule has 2 heterocycles. The molecule has 2 amide bonds. The Labute approximate surface area is 138 Å². The van der Waals surface area contributed by atoms with Crippen LogP contribution >= 0.6 is 11.3 Å². The average Bonchev–Trinajstić information content (AvgIpc) is 3.03. The number of aromatic nitrogens is 1. The highest BCUT2D eigenvalue weighted by molar-refractivity contribution is 7.16. The van der Waals surface area contributed by atoms with Gasteiger partial charge in [0.05, 0.1) is 28.3 Å². The quantitative estimate of drug-likeness (QED) is 0.876. The van der Waals surface area contributed by atoms with Crippen molar-refractivity contribution in [2.24, 2.45) is 5.92 Å². The fourth-order valence-electron chi connectivity index (χ4n) is 2.75. The van der Waals surface area contributed by atoms with Crippen LogP contribution < -0.4 is 5.32 Å². The number of anilines is 1. The van der Waals surface area contributed by atoms with Crippen LogP contribution in [-0.2, 0) is 9.53 Å². The van der Waals surface area contributed by atoms with E-state index < -0.39 is 0 Å². The molecular formula is C16H19N3O3S. The number of thiazole rings is 1. The van der Waals surface area contributed by atoms with Crippen LogP contribution in [0.5, 0.6) is 0 Å². The van der Waals surface area contributed by atoms with Gasteiger partial charge in [-0.25, -0.2) is 9.78 Å². The molecule has 7 heteroatoms. The lowest BCUT2D eigenvalue weighted by atomic mass is 9.98. The third kappa shape index (κ3) is 3.61. The van der Waals surface area contributed by atoms with Crippen molar-refractivity contribution >= 4 is 39.2 Å². The molecule has 122 valence electrons. The molecule has 1 aliphatic rings. The zero-order valence-electron chi connectivity index (χ0n) is 12.9. The first kappa shape index (κ1) is 15.7.